The van der Waals surface area contributed by atoms with Gasteiger partial charge in [-0.2, -0.15) is 4.31 Å². The van der Waals surface area contributed by atoms with Crippen LogP contribution >= 0.6 is 11.3 Å². The SMILES string of the molecule is Cc1sc(CO)cc1S(=O)(=O)N1CC(C)CC(C)C1C. The van der Waals surface area contributed by atoms with E-state index in [1.165, 1.54) is 11.3 Å². The van der Waals surface area contributed by atoms with Gasteiger partial charge in [-0.15, -0.1) is 11.3 Å². The predicted molar refractivity (Wildman–Crippen MR) is 81.3 cm³/mol. The van der Waals surface area contributed by atoms with Gasteiger partial charge in [0.15, 0.2) is 0 Å². The number of hydrogen-bond acceptors (Lipinski definition) is 4. The van der Waals surface area contributed by atoms with Gasteiger partial charge in [0.05, 0.1) is 11.5 Å². The average Bonchev–Trinajstić information content (AvgIpc) is 2.75. The summed E-state index contributed by atoms with van der Waals surface area (Å²) < 4.78 is 27.4. The van der Waals surface area contributed by atoms with E-state index < -0.39 is 10.0 Å². The van der Waals surface area contributed by atoms with Crippen molar-refractivity contribution in [2.45, 2.75) is 51.7 Å². The van der Waals surface area contributed by atoms with E-state index in [4.69, 9.17) is 0 Å². The number of hydrogen-bond donors (Lipinski definition) is 1. The van der Waals surface area contributed by atoms with Crippen LogP contribution in [0.3, 0.4) is 0 Å². The van der Waals surface area contributed by atoms with Gasteiger partial charge in [0.2, 0.25) is 10.0 Å². The molecule has 1 aliphatic heterocycles. The first-order valence-electron chi connectivity index (χ1n) is 6.99. The molecular formula is C14H23NO3S2. The van der Waals surface area contributed by atoms with E-state index in [9.17, 15) is 13.5 Å². The summed E-state index contributed by atoms with van der Waals surface area (Å²) >= 11 is 1.35. The smallest absolute Gasteiger partial charge is 0.244 e. The van der Waals surface area contributed by atoms with Crippen LogP contribution in [0.5, 0.6) is 0 Å². The Morgan fingerprint density at radius 3 is 2.60 bits per heavy atom. The van der Waals surface area contributed by atoms with E-state index in [1.54, 1.807) is 17.3 Å². The topological polar surface area (TPSA) is 57.6 Å². The van der Waals surface area contributed by atoms with Crippen molar-refractivity contribution in [2.24, 2.45) is 11.8 Å². The zero-order chi connectivity index (χ0) is 15.1. The second kappa shape index (κ2) is 5.75. The van der Waals surface area contributed by atoms with Gasteiger partial charge in [-0.05, 0) is 38.2 Å². The summed E-state index contributed by atoms with van der Waals surface area (Å²) in [7, 11) is -3.46. The molecule has 3 atom stereocenters. The van der Waals surface area contributed by atoms with E-state index in [0.717, 1.165) is 11.3 Å². The third-order valence-electron chi connectivity index (χ3n) is 4.21. The second-order valence-electron chi connectivity index (χ2n) is 5.92. The first-order chi connectivity index (χ1) is 9.27. The molecule has 114 valence electrons. The van der Waals surface area contributed by atoms with Crippen LogP contribution in [0.2, 0.25) is 0 Å². The van der Waals surface area contributed by atoms with Gasteiger partial charge in [-0.3, -0.25) is 0 Å². The van der Waals surface area contributed by atoms with Crippen molar-refractivity contribution in [1.29, 1.82) is 0 Å². The summed E-state index contributed by atoms with van der Waals surface area (Å²) in [6.07, 6.45) is 1.07. The number of aryl methyl sites for hydroxylation is 1. The first-order valence-corrected chi connectivity index (χ1v) is 9.25. The Balaban J connectivity index is 2.40. The number of rotatable bonds is 3. The van der Waals surface area contributed by atoms with Gasteiger partial charge in [0, 0.05) is 22.3 Å². The third-order valence-corrected chi connectivity index (χ3v) is 7.45. The Morgan fingerprint density at radius 1 is 1.40 bits per heavy atom. The summed E-state index contributed by atoms with van der Waals surface area (Å²) in [4.78, 5) is 1.82. The molecule has 1 aromatic heterocycles. The van der Waals surface area contributed by atoms with Gasteiger partial charge in [0.25, 0.3) is 0 Å². The molecule has 1 aliphatic rings. The minimum atomic E-state index is -3.46. The Kier molecular flexibility index (Phi) is 4.59. The zero-order valence-electron chi connectivity index (χ0n) is 12.5. The molecule has 1 fully saturated rings. The van der Waals surface area contributed by atoms with Gasteiger partial charge >= 0.3 is 0 Å². The minimum absolute atomic E-state index is 0.0214. The monoisotopic (exact) mass is 317 g/mol. The summed E-state index contributed by atoms with van der Waals surface area (Å²) in [6.45, 7) is 8.48. The molecule has 1 aromatic rings. The molecule has 0 aromatic carbocycles. The Hall–Kier alpha value is -0.430. The highest BCUT2D eigenvalue weighted by Gasteiger charge is 2.38. The molecular weight excluding hydrogens is 294 g/mol. The van der Waals surface area contributed by atoms with Crippen LogP contribution < -0.4 is 0 Å². The number of piperidine rings is 1. The number of thiophene rings is 1. The van der Waals surface area contributed by atoms with E-state index in [-0.39, 0.29) is 12.6 Å². The highest BCUT2D eigenvalue weighted by Crippen LogP contribution is 2.34. The average molecular weight is 317 g/mol. The highest BCUT2D eigenvalue weighted by molar-refractivity contribution is 7.89. The molecule has 0 aliphatic carbocycles. The lowest BCUT2D eigenvalue weighted by Crippen LogP contribution is -2.48. The van der Waals surface area contributed by atoms with Gasteiger partial charge in [-0.25, -0.2) is 8.42 Å². The van der Waals surface area contributed by atoms with E-state index >= 15 is 0 Å². The van der Waals surface area contributed by atoms with Crippen LogP contribution in [-0.4, -0.2) is 30.4 Å². The lowest BCUT2D eigenvalue weighted by atomic mass is 9.88. The van der Waals surface area contributed by atoms with Gasteiger partial charge in [-0.1, -0.05) is 13.8 Å². The van der Waals surface area contributed by atoms with Crippen molar-refractivity contribution < 1.29 is 13.5 Å². The lowest BCUT2D eigenvalue weighted by molar-refractivity contribution is 0.157. The third kappa shape index (κ3) is 2.79. The fraction of sp³-hybridized carbons (Fsp3) is 0.714. The molecule has 1 saturated heterocycles. The van der Waals surface area contributed by atoms with Crippen molar-refractivity contribution in [3.63, 3.8) is 0 Å². The summed E-state index contributed by atoms with van der Waals surface area (Å²) in [5, 5.41) is 9.19. The molecule has 0 spiro atoms. The molecule has 4 nitrogen and oxygen atoms in total. The fourth-order valence-corrected chi connectivity index (χ4v) is 6.28. The van der Waals surface area contributed by atoms with Crippen molar-refractivity contribution in [2.75, 3.05) is 6.54 Å². The number of aliphatic hydroxyl groups is 1. The molecule has 1 N–H and O–H groups in total. The molecule has 2 rings (SSSR count). The Labute approximate surface area is 125 Å². The van der Waals surface area contributed by atoms with Crippen LogP contribution in [0, 0.1) is 18.8 Å². The van der Waals surface area contributed by atoms with Crippen LogP contribution in [-0.2, 0) is 16.6 Å². The molecule has 0 amide bonds. The zero-order valence-corrected chi connectivity index (χ0v) is 14.1. The van der Waals surface area contributed by atoms with E-state index in [1.807, 2.05) is 6.92 Å². The maximum Gasteiger partial charge on any atom is 0.244 e. The molecule has 2 heterocycles. The maximum atomic E-state index is 12.9. The van der Waals surface area contributed by atoms with Crippen molar-refractivity contribution in [1.82, 2.24) is 4.31 Å². The standard InChI is InChI=1S/C14H23NO3S2/c1-9-5-10(2)11(3)15(7-9)20(17,18)14-6-13(8-16)19-12(14)4/h6,9-11,16H,5,7-8H2,1-4H3. The summed E-state index contributed by atoms with van der Waals surface area (Å²) in [5.74, 6) is 0.747. The largest absolute Gasteiger partial charge is 0.391 e. The van der Waals surface area contributed by atoms with Crippen LogP contribution in [0.1, 0.15) is 36.9 Å². The molecule has 20 heavy (non-hydrogen) atoms. The summed E-state index contributed by atoms with van der Waals surface area (Å²) in [6, 6.07) is 1.64. The Morgan fingerprint density at radius 2 is 2.05 bits per heavy atom. The minimum Gasteiger partial charge on any atom is -0.391 e. The van der Waals surface area contributed by atoms with Crippen LogP contribution in [0.25, 0.3) is 0 Å². The number of sulfonamides is 1. The molecule has 3 unspecified atom stereocenters. The van der Waals surface area contributed by atoms with Crippen molar-refractivity contribution in [3.8, 4) is 0 Å². The molecule has 0 saturated carbocycles. The van der Waals surface area contributed by atoms with E-state index in [2.05, 4.69) is 13.8 Å². The van der Waals surface area contributed by atoms with Crippen molar-refractivity contribution in [3.05, 3.63) is 15.8 Å². The molecule has 0 bridgehead atoms. The van der Waals surface area contributed by atoms with Crippen molar-refractivity contribution >= 4 is 21.4 Å². The maximum absolute atomic E-state index is 12.9. The summed E-state index contributed by atoms with van der Waals surface area (Å²) in [5.41, 5.74) is 0. The van der Waals surface area contributed by atoms with Crippen LogP contribution in [0.4, 0.5) is 0 Å². The quantitative estimate of drug-likeness (QED) is 0.932. The molecule has 6 heteroatoms. The number of nitrogens with zero attached hydrogens (tertiary/aromatic N) is 1. The normalized spacial score (nSPS) is 28.8. The second-order valence-corrected chi connectivity index (χ2v) is 9.12. The van der Waals surface area contributed by atoms with Gasteiger partial charge in [0.1, 0.15) is 0 Å². The van der Waals surface area contributed by atoms with E-state index in [0.29, 0.717) is 28.2 Å². The predicted octanol–water partition coefficient (Wildman–Crippen LogP) is 2.60. The number of aliphatic hydroxyl groups excluding tert-OH is 1. The Bertz CT molecular complexity index is 579. The first kappa shape index (κ1) is 15.9. The highest BCUT2D eigenvalue weighted by atomic mass is 32.2. The molecule has 0 radical (unpaired) electrons. The lowest BCUT2D eigenvalue weighted by Gasteiger charge is -2.39. The fourth-order valence-electron chi connectivity index (χ4n) is 2.97. The van der Waals surface area contributed by atoms with Crippen LogP contribution in [0.15, 0.2) is 11.0 Å². The van der Waals surface area contributed by atoms with Gasteiger partial charge < -0.3 is 5.11 Å².